The lowest BCUT2D eigenvalue weighted by Crippen LogP contribution is -2.41. The summed E-state index contributed by atoms with van der Waals surface area (Å²) in [5.41, 5.74) is 1.27. The number of rotatable bonds is 6. The Morgan fingerprint density at radius 1 is 1.04 bits per heavy atom. The van der Waals surface area contributed by atoms with E-state index in [1.54, 1.807) is 55.5 Å². The van der Waals surface area contributed by atoms with Crippen LogP contribution in [-0.4, -0.2) is 29.8 Å². The summed E-state index contributed by atoms with van der Waals surface area (Å²) in [5.74, 6) is -0.982. The topological polar surface area (TPSA) is 87.3 Å². The second-order valence-electron chi connectivity index (χ2n) is 6.49. The average Bonchev–Trinajstić information content (AvgIpc) is 3.46. The van der Waals surface area contributed by atoms with Gasteiger partial charge in [-0.2, -0.15) is 0 Å². The molecular formula is C20H20ClN3O3. The maximum Gasteiger partial charge on any atom is 0.253 e. The molecule has 0 aliphatic heterocycles. The number of carbonyl (C=O) groups excluding carboxylic acids is 3. The Hall–Kier alpha value is -2.86. The molecule has 3 amide bonds. The second kappa shape index (κ2) is 8.22. The van der Waals surface area contributed by atoms with E-state index >= 15 is 0 Å². The molecule has 1 aliphatic rings. The van der Waals surface area contributed by atoms with E-state index in [4.69, 9.17) is 11.6 Å². The van der Waals surface area contributed by atoms with E-state index in [2.05, 4.69) is 16.0 Å². The molecule has 0 bridgehead atoms. The Morgan fingerprint density at radius 3 is 2.48 bits per heavy atom. The molecule has 1 atom stereocenters. The number of hydrogen-bond acceptors (Lipinski definition) is 3. The van der Waals surface area contributed by atoms with Gasteiger partial charge in [0.15, 0.2) is 0 Å². The van der Waals surface area contributed by atoms with Gasteiger partial charge in [-0.25, -0.2) is 0 Å². The van der Waals surface area contributed by atoms with Gasteiger partial charge in [0.1, 0.15) is 6.04 Å². The lowest BCUT2D eigenvalue weighted by Gasteiger charge is -2.15. The minimum absolute atomic E-state index is 0.159. The van der Waals surface area contributed by atoms with E-state index in [9.17, 15) is 14.4 Å². The molecule has 140 valence electrons. The molecule has 0 aromatic heterocycles. The van der Waals surface area contributed by atoms with E-state index in [-0.39, 0.29) is 11.9 Å². The van der Waals surface area contributed by atoms with Crippen LogP contribution in [0.3, 0.4) is 0 Å². The van der Waals surface area contributed by atoms with Crippen molar-refractivity contribution in [1.29, 1.82) is 0 Å². The third-order valence-corrected chi connectivity index (χ3v) is 4.49. The fourth-order valence-corrected chi connectivity index (χ4v) is 2.69. The Morgan fingerprint density at radius 2 is 1.78 bits per heavy atom. The van der Waals surface area contributed by atoms with Gasteiger partial charge in [-0.3, -0.25) is 14.4 Å². The summed E-state index contributed by atoms with van der Waals surface area (Å²) < 4.78 is 0. The third-order valence-electron chi connectivity index (χ3n) is 4.16. The van der Waals surface area contributed by atoms with Crippen molar-refractivity contribution in [3.05, 3.63) is 64.7 Å². The van der Waals surface area contributed by atoms with Gasteiger partial charge in [-0.15, -0.1) is 0 Å². The number of hydrogen-bond donors (Lipinski definition) is 3. The summed E-state index contributed by atoms with van der Waals surface area (Å²) in [7, 11) is 0. The lowest BCUT2D eigenvalue weighted by molar-refractivity contribution is -0.117. The molecule has 1 saturated carbocycles. The van der Waals surface area contributed by atoms with Crippen LogP contribution in [0, 0.1) is 0 Å². The molecule has 7 heteroatoms. The normalized spacial score (nSPS) is 14.1. The van der Waals surface area contributed by atoms with Crippen molar-refractivity contribution < 1.29 is 14.4 Å². The summed E-state index contributed by atoms with van der Waals surface area (Å²) in [6.07, 6.45) is 2.01. The van der Waals surface area contributed by atoms with Gasteiger partial charge in [0.25, 0.3) is 11.8 Å². The molecule has 6 nitrogen and oxygen atoms in total. The average molecular weight is 386 g/mol. The summed E-state index contributed by atoms with van der Waals surface area (Å²) in [6, 6.07) is 12.8. The van der Waals surface area contributed by atoms with Crippen molar-refractivity contribution in [1.82, 2.24) is 10.6 Å². The summed E-state index contributed by atoms with van der Waals surface area (Å²) in [4.78, 5) is 36.7. The van der Waals surface area contributed by atoms with Crippen molar-refractivity contribution in [2.75, 3.05) is 5.32 Å². The first-order valence-corrected chi connectivity index (χ1v) is 9.09. The van der Waals surface area contributed by atoms with Crippen molar-refractivity contribution >= 4 is 35.0 Å². The van der Waals surface area contributed by atoms with E-state index < -0.39 is 17.9 Å². The Kier molecular flexibility index (Phi) is 5.76. The van der Waals surface area contributed by atoms with Crippen LogP contribution in [-0.2, 0) is 4.79 Å². The first kappa shape index (κ1) is 18.9. The van der Waals surface area contributed by atoms with E-state index in [0.29, 0.717) is 21.8 Å². The zero-order chi connectivity index (χ0) is 19.4. The largest absolute Gasteiger partial charge is 0.349 e. The zero-order valence-corrected chi connectivity index (χ0v) is 15.5. The molecule has 3 N–H and O–H groups in total. The standard InChI is InChI=1S/C20H20ClN3O3/c1-12(22-20(27)16-7-2-3-8-17(16)21)18(25)24-15-6-4-5-13(11-15)19(26)23-14-9-10-14/h2-8,11-12,14H,9-10H2,1H3,(H,22,27)(H,23,26)(H,24,25). The van der Waals surface area contributed by atoms with Gasteiger partial charge >= 0.3 is 0 Å². The van der Waals surface area contributed by atoms with Gasteiger partial charge in [0.2, 0.25) is 5.91 Å². The minimum Gasteiger partial charge on any atom is -0.349 e. The smallest absolute Gasteiger partial charge is 0.253 e. The second-order valence-corrected chi connectivity index (χ2v) is 6.90. The summed E-state index contributed by atoms with van der Waals surface area (Å²) >= 11 is 6.00. The molecule has 0 saturated heterocycles. The van der Waals surface area contributed by atoms with Crippen molar-refractivity contribution in [2.45, 2.75) is 31.8 Å². The van der Waals surface area contributed by atoms with Gasteiger partial charge in [-0.1, -0.05) is 29.8 Å². The van der Waals surface area contributed by atoms with Crippen molar-refractivity contribution in [2.24, 2.45) is 0 Å². The molecule has 3 rings (SSSR count). The predicted octanol–water partition coefficient (Wildman–Crippen LogP) is 2.99. The molecule has 0 heterocycles. The molecule has 2 aromatic rings. The fourth-order valence-electron chi connectivity index (χ4n) is 2.47. The third kappa shape index (κ3) is 5.08. The van der Waals surface area contributed by atoms with Crippen LogP contribution >= 0.6 is 11.6 Å². The predicted molar refractivity (Wildman–Crippen MR) is 104 cm³/mol. The highest BCUT2D eigenvalue weighted by Gasteiger charge is 2.24. The quantitative estimate of drug-likeness (QED) is 0.714. The van der Waals surface area contributed by atoms with Gasteiger partial charge in [-0.05, 0) is 50.1 Å². The number of carbonyl (C=O) groups is 3. The van der Waals surface area contributed by atoms with Crippen LogP contribution in [0.25, 0.3) is 0 Å². The highest BCUT2D eigenvalue weighted by Crippen LogP contribution is 2.20. The van der Waals surface area contributed by atoms with E-state index in [1.165, 1.54) is 0 Å². The first-order valence-electron chi connectivity index (χ1n) is 8.71. The number of halogens is 1. The van der Waals surface area contributed by atoms with Crippen LogP contribution in [0.1, 0.15) is 40.5 Å². The van der Waals surface area contributed by atoms with Crippen molar-refractivity contribution in [3.8, 4) is 0 Å². The maximum absolute atomic E-state index is 12.4. The highest BCUT2D eigenvalue weighted by molar-refractivity contribution is 6.33. The van der Waals surface area contributed by atoms with Gasteiger partial charge in [0.05, 0.1) is 10.6 Å². The maximum atomic E-state index is 12.4. The monoisotopic (exact) mass is 385 g/mol. The number of nitrogens with one attached hydrogen (secondary N) is 3. The number of benzene rings is 2. The molecule has 0 spiro atoms. The van der Waals surface area contributed by atoms with E-state index in [1.807, 2.05) is 0 Å². The van der Waals surface area contributed by atoms with Crippen LogP contribution in [0.2, 0.25) is 5.02 Å². The first-order chi connectivity index (χ1) is 12.9. The molecule has 1 fully saturated rings. The highest BCUT2D eigenvalue weighted by atomic mass is 35.5. The Balaban J connectivity index is 1.60. The molecule has 1 aliphatic carbocycles. The van der Waals surface area contributed by atoms with Gasteiger partial charge < -0.3 is 16.0 Å². The fraction of sp³-hybridized carbons (Fsp3) is 0.250. The van der Waals surface area contributed by atoms with Crippen LogP contribution in [0.5, 0.6) is 0 Å². The van der Waals surface area contributed by atoms with Crippen LogP contribution in [0.4, 0.5) is 5.69 Å². The molecule has 0 radical (unpaired) electrons. The van der Waals surface area contributed by atoms with Gasteiger partial charge in [0, 0.05) is 17.3 Å². The van der Waals surface area contributed by atoms with E-state index in [0.717, 1.165) is 12.8 Å². The zero-order valence-electron chi connectivity index (χ0n) is 14.8. The SMILES string of the molecule is CC(NC(=O)c1ccccc1Cl)C(=O)Nc1cccc(C(=O)NC2CC2)c1. The summed E-state index contributed by atoms with van der Waals surface area (Å²) in [5, 5.41) is 8.54. The summed E-state index contributed by atoms with van der Waals surface area (Å²) in [6.45, 7) is 1.58. The van der Waals surface area contributed by atoms with Crippen LogP contribution < -0.4 is 16.0 Å². The molecule has 2 aromatic carbocycles. The Labute approximate surface area is 162 Å². The molecule has 27 heavy (non-hydrogen) atoms. The van der Waals surface area contributed by atoms with Crippen LogP contribution in [0.15, 0.2) is 48.5 Å². The molecule has 1 unspecified atom stereocenters. The minimum atomic E-state index is -0.780. The number of amides is 3. The van der Waals surface area contributed by atoms with Crippen molar-refractivity contribution in [3.63, 3.8) is 0 Å². The number of anilines is 1. The lowest BCUT2D eigenvalue weighted by atomic mass is 10.1. The Bertz CT molecular complexity index is 880. The molecular weight excluding hydrogens is 366 g/mol.